The van der Waals surface area contributed by atoms with Crippen molar-refractivity contribution >= 4 is 136 Å². The van der Waals surface area contributed by atoms with Gasteiger partial charge in [0, 0.05) is 97.7 Å². The number of nitriles is 1. The van der Waals surface area contributed by atoms with E-state index in [-0.39, 0.29) is 69.2 Å². The van der Waals surface area contributed by atoms with E-state index in [0.29, 0.717) is 68.7 Å². The van der Waals surface area contributed by atoms with Crippen molar-refractivity contribution in [3.05, 3.63) is 223 Å². The number of nitrogens with zero attached hydrogens (tertiary/aromatic N) is 14. The van der Waals surface area contributed by atoms with Crippen LogP contribution in [0.15, 0.2) is 165 Å². The summed E-state index contributed by atoms with van der Waals surface area (Å²) in [7, 11) is 1.00. The summed E-state index contributed by atoms with van der Waals surface area (Å²) in [6, 6.07) is 42.1. The summed E-state index contributed by atoms with van der Waals surface area (Å²) >= 11 is 15.2. The molecule has 4 aromatic carbocycles. The highest BCUT2D eigenvalue weighted by molar-refractivity contribution is 6.40. The summed E-state index contributed by atoms with van der Waals surface area (Å²) in [5, 5.41) is 79.9. The molecule has 0 atom stereocenters. The zero-order valence-corrected chi connectivity index (χ0v) is 71.3. The molecule has 3 fully saturated rings. The number of aromatic nitrogens is 10. The topological polar surface area (TPSA) is 491 Å². The van der Waals surface area contributed by atoms with Gasteiger partial charge in [-0.15, -0.1) is 23.2 Å². The van der Waals surface area contributed by atoms with Crippen LogP contribution in [0.25, 0.3) is 43.1 Å². The summed E-state index contributed by atoms with van der Waals surface area (Å²) in [6.07, 6.45) is 20.6. The standard InChI is InChI=1S/C26H33N7O4.C21H25N7O2.C16H24ClN5O4.C10H10N2.C10H6N2.CH2Cl2.CH4O/c1-26(2,3)37-25(34)31-19-10-8-17(9-11-19)14-28-23-22(33(35)36)16-30-24(32-23)29-15-21-20-7-5-4-6-18(20)12-13-27-21;22-16-7-5-14(6-8-16)11-24-20-19(28(29)30)13-26-21(27-20)25-12-18-17-4-2-1-3-15(17)9-10-23-18;1-16(2,3)26-15(23)20-11-6-4-10(5-7-11)8-18-13-12(22(24)25)9-19-14(17)21-13;2*11-7-10-9-4-2-1-3-8(9)5-6-12-10;2-1-3;1-2/h4-7,12-13,16-17,19H,8-11,14-15H2,1-3H3,(H,31,34)(H2,28,29,30,32);1-4,9-10,13-14,16H,5-8,11-12,22H2,(H2,24,25,26,27);9-11H,4-8H2,1-3H3,(H,20,23)(H,18,19,21);1-6H,7,11H2;1-6H;1H2;2H,1H3. The SMILES string of the molecule is CC(C)(C)OC(=O)NC1CCC(CNc2nc(Cl)ncc2[N+](=O)[O-])CC1.CC(C)(C)OC(=O)NC1CCC(CNc2nc(NCc3nccc4ccccc34)ncc2[N+](=O)[O-])CC1.CO.ClCCl.N#Cc1nccc2ccccc12.NC1CCC(CNc2nc(NCc3nccc4ccccc34)ncc2[N+](=O)[O-])CC1.NCc1nccc2ccccc12. The Kier molecular flexibility index (Phi) is 37.7. The maximum Gasteiger partial charge on any atom is 0.407 e. The van der Waals surface area contributed by atoms with Crippen molar-refractivity contribution in [3.63, 3.8) is 0 Å². The Morgan fingerprint density at radius 1 is 0.475 bits per heavy atom. The molecule has 14 rings (SSSR count). The average molecular weight is 1730 g/mol. The number of anilines is 5. The fourth-order valence-corrected chi connectivity index (χ4v) is 13.8. The molecule has 3 aliphatic carbocycles. The lowest BCUT2D eigenvalue weighted by Gasteiger charge is -2.30. The highest BCUT2D eigenvalue weighted by Gasteiger charge is 2.30. The van der Waals surface area contributed by atoms with Crippen molar-refractivity contribution in [2.45, 2.75) is 168 Å². The van der Waals surface area contributed by atoms with Crippen LogP contribution in [-0.4, -0.2) is 143 Å². The van der Waals surface area contributed by atoms with Crippen LogP contribution in [0.5, 0.6) is 0 Å². The third-order valence-corrected chi connectivity index (χ3v) is 19.8. The molecule has 11 aromatic rings. The zero-order valence-electron chi connectivity index (χ0n) is 69.1. The number of nitro groups is 3. The van der Waals surface area contributed by atoms with Crippen LogP contribution in [0, 0.1) is 59.4 Å². The molecule has 2 amide bonds. The minimum atomic E-state index is -0.541. The normalized spacial score (nSPS) is 16.5. The van der Waals surface area contributed by atoms with Crippen LogP contribution in [0.3, 0.4) is 0 Å². The molecule has 3 aliphatic rings. The molecule has 0 saturated heterocycles. The summed E-state index contributed by atoms with van der Waals surface area (Å²) in [5.74, 6) is 2.24. The van der Waals surface area contributed by atoms with Crippen LogP contribution < -0.4 is 48.7 Å². The number of carbonyl (C=O) groups is 2. The van der Waals surface area contributed by atoms with Crippen molar-refractivity contribution in [3.8, 4) is 6.07 Å². The number of benzene rings is 4. The minimum absolute atomic E-state index is 0.0385. The Morgan fingerprint density at radius 3 is 1.16 bits per heavy atom. The van der Waals surface area contributed by atoms with Gasteiger partial charge in [-0.1, -0.05) is 97.1 Å². The first-order valence-corrected chi connectivity index (χ1v) is 41.2. The van der Waals surface area contributed by atoms with Gasteiger partial charge in [-0.05, 0) is 194 Å². The number of hydrogen-bond acceptors (Lipinski definition) is 29. The highest BCUT2D eigenvalue weighted by atomic mass is 35.5. The van der Waals surface area contributed by atoms with E-state index in [2.05, 4.69) is 99.2 Å². The number of fused-ring (bicyclic) bond motifs is 4. The third-order valence-electron chi connectivity index (χ3n) is 19.6. The first-order valence-electron chi connectivity index (χ1n) is 39.8. The van der Waals surface area contributed by atoms with E-state index in [4.69, 9.17) is 66.1 Å². The molecule has 12 N–H and O–H groups in total. The number of aliphatic hydroxyl groups is 1. The quantitative estimate of drug-likeness (QED) is 0.0138. The zero-order chi connectivity index (χ0) is 88.1. The van der Waals surface area contributed by atoms with Gasteiger partial charge in [-0.2, -0.15) is 20.2 Å². The smallest absolute Gasteiger partial charge is 0.407 e. The van der Waals surface area contributed by atoms with Gasteiger partial charge in [0.25, 0.3) is 0 Å². The lowest BCUT2D eigenvalue weighted by Crippen LogP contribution is -2.41. The van der Waals surface area contributed by atoms with Crippen LogP contribution in [0.4, 0.5) is 56.0 Å². The number of amides is 2. The van der Waals surface area contributed by atoms with Crippen LogP contribution in [0.1, 0.15) is 141 Å². The lowest BCUT2D eigenvalue weighted by molar-refractivity contribution is -0.384. The number of alkyl halides is 2. The van der Waals surface area contributed by atoms with E-state index in [1.807, 2.05) is 157 Å². The average Bonchev–Trinajstić information content (AvgIpc) is 0.827. The summed E-state index contributed by atoms with van der Waals surface area (Å²) in [6.45, 7) is 14.0. The van der Waals surface area contributed by atoms with Gasteiger partial charge >= 0.3 is 29.2 Å². The molecule has 0 radical (unpaired) electrons. The van der Waals surface area contributed by atoms with Gasteiger partial charge in [0.1, 0.15) is 41.6 Å². The molecular weight excluding hydrogens is 1630 g/mol. The number of carbonyl (C=O) groups excluding carboxylic acids is 2. The second-order valence-electron chi connectivity index (χ2n) is 30.6. The van der Waals surface area contributed by atoms with Crippen molar-refractivity contribution in [2.75, 3.05) is 58.7 Å². The predicted molar refractivity (Wildman–Crippen MR) is 476 cm³/mol. The van der Waals surface area contributed by atoms with E-state index in [1.54, 1.807) is 24.8 Å². The molecule has 0 bridgehead atoms. The van der Waals surface area contributed by atoms with Gasteiger partial charge in [-0.25, -0.2) is 29.5 Å². The fourth-order valence-electron chi connectivity index (χ4n) is 13.7. The molecular formula is C85H104Cl3N23O11. The van der Waals surface area contributed by atoms with E-state index < -0.39 is 38.2 Å². The van der Waals surface area contributed by atoms with Crippen molar-refractivity contribution in [1.82, 2.24) is 60.5 Å². The first kappa shape index (κ1) is 95.2. The number of ether oxygens (including phenoxy) is 2. The van der Waals surface area contributed by atoms with Crippen molar-refractivity contribution in [1.29, 1.82) is 5.26 Å². The van der Waals surface area contributed by atoms with Crippen LogP contribution in [0.2, 0.25) is 5.28 Å². The number of nitrogens with one attached hydrogen (secondary N) is 7. The Labute approximate surface area is 721 Å². The number of rotatable bonds is 21. The Morgan fingerprint density at radius 2 is 0.795 bits per heavy atom. The number of nitrogens with two attached hydrogens (primary N) is 2. The Balaban J connectivity index is 0.000000197. The maximum atomic E-state index is 12.0. The van der Waals surface area contributed by atoms with E-state index in [1.165, 1.54) is 17.8 Å². The van der Waals surface area contributed by atoms with Crippen molar-refractivity contribution < 1.29 is 38.9 Å². The molecule has 37 heteroatoms. The van der Waals surface area contributed by atoms with Gasteiger partial charge in [0.15, 0.2) is 0 Å². The summed E-state index contributed by atoms with van der Waals surface area (Å²) in [4.78, 5) is 97.9. The van der Waals surface area contributed by atoms with Gasteiger partial charge in [0.05, 0.1) is 50.3 Å². The first-order chi connectivity index (χ1) is 58.7. The summed E-state index contributed by atoms with van der Waals surface area (Å²) < 4.78 is 10.6. The molecule has 122 heavy (non-hydrogen) atoms. The van der Waals surface area contributed by atoms with E-state index in [9.17, 15) is 39.9 Å². The number of pyridine rings is 4. The lowest BCUT2D eigenvalue weighted by atomic mass is 9.86. The largest absolute Gasteiger partial charge is 0.444 e. The molecule has 646 valence electrons. The number of halogens is 3. The number of alkyl carbamates (subject to hydrolysis) is 2. The molecule has 0 aliphatic heterocycles. The van der Waals surface area contributed by atoms with Crippen molar-refractivity contribution in [2.24, 2.45) is 29.2 Å². The van der Waals surface area contributed by atoms with Crippen LogP contribution in [-0.2, 0) is 29.1 Å². The molecule has 7 heterocycles. The number of aliphatic hydroxyl groups excluding tert-OH is 1. The van der Waals surface area contributed by atoms with Gasteiger partial charge in [0.2, 0.25) is 34.6 Å². The third kappa shape index (κ3) is 30.8. The van der Waals surface area contributed by atoms with Gasteiger partial charge < -0.3 is 63.3 Å². The fraction of sp³-hybridized carbons (Fsp3) is 0.400. The molecule has 0 spiro atoms. The second kappa shape index (κ2) is 48.3. The number of hydrogen-bond donors (Lipinski definition) is 10. The molecule has 3 saturated carbocycles. The highest BCUT2D eigenvalue weighted by Crippen LogP contribution is 2.32. The Hall–Kier alpha value is -12.3. The minimum Gasteiger partial charge on any atom is -0.444 e. The monoisotopic (exact) mass is 1730 g/mol. The second-order valence-corrected chi connectivity index (χ2v) is 31.7. The maximum absolute atomic E-state index is 12.0. The van der Waals surface area contributed by atoms with Gasteiger partial charge in [-0.3, -0.25) is 45.3 Å². The molecule has 0 unspecified atom stereocenters. The molecule has 34 nitrogen and oxygen atoms in total. The summed E-state index contributed by atoms with van der Waals surface area (Å²) in [5.41, 5.74) is 13.1. The predicted octanol–water partition coefficient (Wildman–Crippen LogP) is 16.9. The van der Waals surface area contributed by atoms with E-state index >= 15 is 0 Å². The Bertz CT molecular complexity index is 5260. The molecule has 7 aromatic heterocycles. The van der Waals surface area contributed by atoms with E-state index in [0.717, 1.165) is 145 Å². The van der Waals surface area contributed by atoms with Crippen LogP contribution >= 0.6 is 34.8 Å².